The Hall–Kier alpha value is -2.40. The first kappa shape index (κ1) is 18.9. The van der Waals surface area contributed by atoms with Crippen LogP contribution < -0.4 is 5.32 Å². The molecule has 6 heteroatoms. The number of hydrogen-bond donors (Lipinski definition) is 1. The monoisotopic (exact) mass is 361 g/mol. The molecule has 4 nitrogen and oxygen atoms in total. The van der Waals surface area contributed by atoms with Crippen molar-refractivity contribution in [3.63, 3.8) is 0 Å². The molecular weight excluding hydrogens is 341 g/mol. The first-order chi connectivity index (χ1) is 11.9. The topological polar surface area (TPSA) is 44.7 Å². The van der Waals surface area contributed by atoms with E-state index in [1.165, 1.54) is 6.07 Å². The standard InChI is InChI=1S/C19H21ClFN3O/c1-4-24(3)12-23-18-9-13(2)14(10-15(18)20)19(25)11-22-17-8-6-5-7-16(17)21/h5-10,12,22H,4,11H2,1-3H3. The summed E-state index contributed by atoms with van der Waals surface area (Å²) in [4.78, 5) is 18.7. The number of para-hydroxylation sites is 1. The van der Waals surface area contributed by atoms with E-state index in [1.54, 1.807) is 36.7 Å². The van der Waals surface area contributed by atoms with Crippen molar-refractivity contribution >= 4 is 35.1 Å². The highest BCUT2D eigenvalue weighted by molar-refractivity contribution is 6.33. The molecule has 0 saturated carbocycles. The fraction of sp³-hybridized carbons (Fsp3) is 0.263. The first-order valence-corrected chi connectivity index (χ1v) is 8.36. The predicted octanol–water partition coefficient (Wildman–Crippen LogP) is 4.69. The number of rotatable bonds is 7. The van der Waals surface area contributed by atoms with Gasteiger partial charge in [-0.2, -0.15) is 0 Å². The van der Waals surface area contributed by atoms with Gasteiger partial charge in [-0.3, -0.25) is 4.79 Å². The van der Waals surface area contributed by atoms with Gasteiger partial charge in [0.1, 0.15) is 5.82 Å². The molecule has 0 unspecified atom stereocenters. The van der Waals surface area contributed by atoms with Crippen LogP contribution in [0.3, 0.4) is 0 Å². The van der Waals surface area contributed by atoms with Crippen LogP contribution in [0.25, 0.3) is 0 Å². The quantitative estimate of drug-likeness (QED) is 0.442. The Kier molecular flexibility index (Phi) is 6.53. The summed E-state index contributed by atoms with van der Waals surface area (Å²) in [6.45, 7) is 4.66. The van der Waals surface area contributed by atoms with Crippen molar-refractivity contribution in [1.82, 2.24) is 4.90 Å². The lowest BCUT2D eigenvalue weighted by atomic mass is 10.0. The number of carbonyl (C=O) groups excluding carboxylic acids is 1. The number of carbonyl (C=O) groups is 1. The molecule has 0 atom stereocenters. The van der Waals surface area contributed by atoms with Crippen molar-refractivity contribution in [3.8, 4) is 0 Å². The smallest absolute Gasteiger partial charge is 0.182 e. The molecule has 2 aromatic rings. The van der Waals surface area contributed by atoms with Crippen molar-refractivity contribution in [3.05, 3.63) is 58.4 Å². The SMILES string of the molecule is CCN(C)C=Nc1cc(C)c(C(=O)CNc2ccccc2F)cc1Cl. The first-order valence-electron chi connectivity index (χ1n) is 7.98. The summed E-state index contributed by atoms with van der Waals surface area (Å²) in [5.41, 5.74) is 2.18. The van der Waals surface area contributed by atoms with Crippen LogP contribution in [-0.4, -0.2) is 37.2 Å². The number of halogens is 2. The molecule has 0 aliphatic heterocycles. The van der Waals surface area contributed by atoms with Crippen molar-refractivity contribution in [2.75, 3.05) is 25.5 Å². The zero-order valence-electron chi connectivity index (χ0n) is 14.5. The molecular formula is C19H21ClFN3O. The molecule has 0 saturated heterocycles. The molecule has 2 rings (SSSR count). The molecule has 0 amide bonds. The summed E-state index contributed by atoms with van der Waals surface area (Å²) in [5, 5.41) is 3.22. The minimum atomic E-state index is -0.394. The fourth-order valence-corrected chi connectivity index (χ4v) is 2.40. The number of ketones is 1. The molecule has 0 aromatic heterocycles. The highest BCUT2D eigenvalue weighted by Gasteiger charge is 2.13. The summed E-state index contributed by atoms with van der Waals surface area (Å²) < 4.78 is 13.6. The Balaban J connectivity index is 2.13. The van der Waals surface area contributed by atoms with Crippen LogP contribution in [0.1, 0.15) is 22.8 Å². The lowest BCUT2D eigenvalue weighted by Gasteiger charge is -2.11. The van der Waals surface area contributed by atoms with Gasteiger partial charge in [0.15, 0.2) is 5.78 Å². The van der Waals surface area contributed by atoms with Crippen LogP contribution in [0, 0.1) is 12.7 Å². The van der Waals surface area contributed by atoms with Gasteiger partial charge in [0.05, 0.1) is 29.3 Å². The fourth-order valence-electron chi connectivity index (χ4n) is 2.18. The molecule has 0 aliphatic carbocycles. The molecule has 0 bridgehead atoms. The number of Topliss-reactive ketones (excluding diaryl/α,β-unsaturated/α-hetero) is 1. The molecule has 25 heavy (non-hydrogen) atoms. The number of nitrogens with zero attached hydrogens (tertiary/aromatic N) is 2. The molecule has 2 aromatic carbocycles. The summed E-state index contributed by atoms with van der Waals surface area (Å²) in [7, 11) is 1.91. The van der Waals surface area contributed by atoms with Crippen LogP contribution in [0.5, 0.6) is 0 Å². The van der Waals surface area contributed by atoms with Crippen molar-refractivity contribution in [2.45, 2.75) is 13.8 Å². The summed E-state index contributed by atoms with van der Waals surface area (Å²) in [5.74, 6) is -0.557. The Bertz CT molecular complexity index is 792. The van der Waals surface area contributed by atoms with E-state index in [9.17, 15) is 9.18 Å². The van der Waals surface area contributed by atoms with E-state index >= 15 is 0 Å². The van der Waals surface area contributed by atoms with E-state index in [1.807, 2.05) is 25.8 Å². The second kappa shape index (κ2) is 8.62. The molecule has 132 valence electrons. The maximum Gasteiger partial charge on any atom is 0.182 e. The van der Waals surface area contributed by atoms with E-state index in [-0.39, 0.29) is 12.3 Å². The van der Waals surface area contributed by atoms with Gasteiger partial charge in [-0.25, -0.2) is 9.38 Å². The molecule has 0 heterocycles. The normalized spacial score (nSPS) is 10.9. The second-order valence-corrected chi connectivity index (χ2v) is 6.10. The van der Waals surface area contributed by atoms with Gasteiger partial charge in [-0.15, -0.1) is 0 Å². The molecule has 0 spiro atoms. The minimum absolute atomic E-state index is 0.0146. The van der Waals surface area contributed by atoms with E-state index in [0.717, 1.165) is 12.1 Å². The summed E-state index contributed by atoms with van der Waals surface area (Å²) in [6.07, 6.45) is 1.70. The van der Waals surface area contributed by atoms with Crippen molar-refractivity contribution < 1.29 is 9.18 Å². The van der Waals surface area contributed by atoms with Crippen LogP contribution >= 0.6 is 11.6 Å². The van der Waals surface area contributed by atoms with Gasteiger partial charge in [0, 0.05) is 19.2 Å². The predicted molar refractivity (Wildman–Crippen MR) is 102 cm³/mol. The third-order valence-corrected chi connectivity index (χ3v) is 4.10. The Labute approximate surface area is 152 Å². The van der Waals surface area contributed by atoms with Crippen LogP contribution in [0.2, 0.25) is 5.02 Å². The van der Waals surface area contributed by atoms with Gasteiger partial charge in [0.25, 0.3) is 0 Å². The number of benzene rings is 2. The highest BCUT2D eigenvalue weighted by atomic mass is 35.5. The maximum atomic E-state index is 13.6. The van der Waals surface area contributed by atoms with E-state index in [0.29, 0.717) is 22.0 Å². The summed E-state index contributed by atoms with van der Waals surface area (Å²) in [6, 6.07) is 9.62. The summed E-state index contributed by atoms with van der Waals surface area (Å²) >= 11 is 6.25. The molecule has 1 N–H and O–H groups in total. The van der Waals surface area contributed by atoms with Crippen LogP contribution in [0.15, 0.2) is 41.4 Å². The zero-order valence-corrected chi connectivity index (χ0v) is 15.3. The maximum absolute atomic E-state index is 13.6. The van der Waals surface area contributed by atoms with E-state index in [2.05, 4.69) is 10.3 Å². The van der Waals surface area contributed by atoms with Crippen LogP contribution in [-0.2, 0) is 0 Å². The lowest BCUT2D eigenvalue weighted by molar-refractivity contribution is 0.101. The van der Waals surface area contributed by atoms with Gasteiger partial charge in [-0.1, -0.05) is 23.7 Å². The third kappa shape index (κ3) is 5.03. The number of hydrogen-bond acceptors (Lipinski definition) is 3. The third-order valence-electron chi connectivity index (χ3n) is 3.80. The largest absolute Gasteiger partial charge is 0.375 e. The van der Waals surface area contributed by atoms with Crippen LogP contribution in [0.4, 0.5) is 15.8 Å². The Morgan fingerprint density at radius 3 is 2.76 bits per heavy atom. The van der Waals surface area contributed by atoms with Gasteiger partial charge < -0.3 is 10.2 Å². The number of aryl methyl sites for hydroxylation is 1. The lowest BCUT2D eigenvalue weighted by Crippen LogP contribution is -2.16. The minimum Gasteiger partial charge on any atom is -0.375 e. The van der Waals surface area contributed by atoms with Gasteiger partial charge in [0.2, 0.25) is 0 Å². The Morgan fingerprint density at radius 1 is 1.36 bits per heavy atom. The highest BCUT2D eigenvalue weighted by Crippen LogP contribution is 2.28. The van der Waals surface area contributed by atoms with Crippen molar-refractivity contribution in [1.29, 1.82) is 0 Å². The number of nitrogens with one attached hydrogen (secondary N) is 1. The molecule has 0 fully saturated rings. The Morgan fingerprint density at radius 2 is 2.08 bits per heavy atom. The second-order valence-electron chi connectivity index (χ2n) is 5.69. The van der Waals surface area contributed by atoms with E-state index in [4.69, 9.17) is 11.6 Å². The van der Waals surface area contributed by atoms with Gasteiger partial charge >= 0.3 is 0 Å². The molecule has 0 aliphatic rings. The molecule has 0 radical (unpaired) electrons. The van der Waals surface area contributed by atoms with Gasteiger partial charge in [-0.05, 0) is 43.7 Å². The van der Waals surface area contributed by atoms with Crippen molar-refractivity contribution in [2.24, 2.45) is 4.99 Å². The number of aliphatic imine (C=N–C) groups is 1. The zero-order chi connectivity index (χ0) is 18.4. The number of anilines is 1. The van der Waals surface area contributed by atoms with E-state index < -0.39 is 5.82 Å². The average molecular weight is 362 g/mol. The average Bonchev–Trinajstić information content (AvgIpc) is 2.60.